The Morgan fingerprint density at radius 3 is 2.28 bits per heavy atom. The third-order valence-corrected chi connectivity index (χ3v) is 4.70. The fraction of sp³-hybridized carbons (Fsp3) is 0.476. The predicted octanol–water partition coefficient (Wildman–Crippen LogP) is 3.09. The van der Waals surface area contributed by atoms with E-state index in [9.17, 15) is 9.59 Å². The van der Waals surface area contributed by atoms with Crippen LogP contribution in [0.4, 0.5) is 10.5 Å². The Bertz CT molecular complexity index is 914. The van der Waals surface area contributed by atoms with E-state index >= 15 is 0 Å². The van der Waals surface area contributed by atoms with Gasteiger partial charge in [0.05, 0.1) is 25.3 Å². The summed E-state index contributed by atoms with van der Waals surface area (Å²) in [5.74, 6) is -0.0217. The van der Waals surface area contributed by atoms with Gasteiger partial charge in [0.1, 0.15) is 5.60 Å². The minimum Gasteiger partial charge on any atom is -0.481 e. The highest BCUT2D eigenvalue weighted by atomic mass is 16.6. The summed E-state index contributed by atoms with van der Waals surface area (Å²) in [5, 5.41) is 0.833. The van der Waals surface area contributed by atoms with Crippen LogP contribution in [-0.2, 0) is 9.47 Å². The zero-order valence-electron chi connectivity index (χ0n) is 17.5. The number of anilines is 1. The highest BCUT2D eigenvalue weighted by Crippen LogP contribution is 2.31. The molecule has 1 aliphatic heterocycles. The molecule has 0 atom stereocenters. The number of rotatable bonds is 3. The molecule has 0 saturated carbocycles. The molecule has 1 aromatic heterocycles. The summed E-state index contributed by atoms with van der Waals surface area (Å²) in [6.07, 6.45) is -0.297. The molecule has 1 saturated heterocycles. The van der Waals surface area contributed by atoms with Gasteiger partial charge in [-0.1, -0.05) is 0 Å². The zero-order chi connectivity index (χ0) is 21.2. The van der Waals surface area contributed by atoms with Crippen LogP contribution in [-0.4, -0.2) is 67.9 Å². The van der Waals surface area contributed by atoms with Crippen LogP contribution in [0.2, 0.25) is 0 Å². The molecule has 29 heavy (non-hydrogen) atoms. The number of hydrogen-bond donors (Lipinski definition) is 0. The zero-order valence-corrected chi connectivity index (χ0v) is 17.5. The van der Waals surface area contributed by atoms with Crippen molar-refractivity contribution < 1.29 is 23.8 Å². The van der Waals surface area contributed by atoms with Gasteiger partial charge in [-0.3, -0.25) is 0 Å². The van der Waals surface area contributed by atoms with Gasteiger partial charge < -0.3 is 24.0 Å². The Labute approximate surface area is 170 Å². The highest BCUT2D eigenvalue weighted by molar-refractivity contribution is 6.06. The lowest BCUT2D eigenvalue weighted by molar-refractivity contribution is 0.0240. The molecule has 1 aromatic carbocycles. The van der Waals surface area contributed by atoms with Crippen LogP contribution >= 0.6 is 0 Å². The molecule has 0 spiro atoms. The van der Waals surface area contributed by atoms with Crippen molar-refractivity contribution in [1.29, 1.82) is 0 Å². The topological polar surface area (TPSA) is 81.2 Å². The quantitative estimate of drug-likeness (QED) is 0.731. The predicted molar refractivity (Wildman–Crippen MR) is 110 cm³/mol. The Kier molecular flexibility index (Phi) is 5.81. The SMILES string of the molecule is COC(=O)c1ccc(N2CCN(C(=O)OC(C)(C)C)CC2)c2ccc(OC)nc12. The van der Waals surface area contributed by atoms with Gasteiger partial charge in [-0.2, -0.15) is 0 Å². The monoisotopic (exact) mass is 401 g/mol. The number of amides is 1. The summed E-state index contributed by atoms with van der Waals surface area (Å²) in [5.41, 5.74) is 1.35. The van der Waals surface area contributed by atoms with Crippen LogP contribution in [0.15, 0.2) is 24.3 Å². The molecule has 2 aromatic rings. The number of methoxy groups -OCH3 is 2. The van der Waals surface area contributed by atoms with Crippen molar-refractivity contribution >= 4 is 28.7 Å². The maximum absolute atomic E-state index is 12.3. The van der Waals surface area contributed by atoms with E-state index < -0.39 is 11.6 Å². The second-order valence-electron chi connectivity index (χ2n) is 7.83. The van der Waals surface area contributed by atoms with Crippen LogP contribution in [0.1, 0.15) is 31.1 Å². The Hall–Kier alpha value is -3.03. The number of pyridine rings is 1. The van der Waals surface area contributed by atoms with Crippen molar-refractivity contribution in [3.63, 3.8) is 0 Å². The number of nitrogens with zero attached hydrogens (tertiary/aromatic N) is 3. The van der Waals surface area contributed by atoms with Crippen molar-refractivity contribution in [2.45, 2.75) is 26.4 Å². The van der Waals surface area contributed by atoms with Gasteiger partial charge in [0.25, 0.3) is 0 Å². The number of fused-ring (bicyclic) bond motifs is 1. The second-order valence-corrected chi connectivity index (χ2v) is 7.83. The lowest BCUT2D eigenvalue weighted by Crippen LogP contribution is -2.50. The number of aromatic nitrogens is 1. The van der Waals surface area contributed by atoms with E-state index in [1.807, 2.05) is 32.9 Å². The minimum absolute atomic E-state index is 0.297. The normalized spacial score (nSPS) is 14.7. The molecular weight excluding hydrogens is 374 g/mol. The van der Waals surface area contributed by atoms with Crippen molar-refractivity contribution in [3.8, 4) is 5.88 Å². The maximum Gasteiger partial charge on any atom is 0.410 e. The van der Waals surface area contributed by atoms with Crippen molar-refractivity contribution in [2.24, 2.45) is 0 Å². The van der Waals surface area contributed by atoms with Crippen LogP contribution in [0.5, 0.6) is 5.88 Å². The number of piperazine rings is 1. The Balaban J connectivity index is 1.86. The van der Waals surface area contributed by atoms with Gasteiger partial charge in [0.2, 0.25) is 5.88 Å². The molecule has 1 fully saturated rings. The van der Waals surface area contributed by atoms with E-state index in [1.165, 1.54) is 14.2 Å². The molecule has 8 heteroatoms. The molecule has 0 bridgehead atoms. The fourth-order valence-corrected chi connectivity index (χ4v) is 3.30. The average molecular weight is 401 g/mol. The smallest absolute Gasteiger partial charge is 0.410 e. The molecule has 1 amide bonds. The first kappa shape index (κ1) is 20.7. The molecule has 156 valence electrons. The summed E-state index contributed by atoms with van der Waals surface area (Å²) in [4.78, 5) is 32.8. The molecule has 0 unspecified atom stereocenters. The number of benzene rings is 1. The van der Waals surface area contributed by atoms with Crippen molar-refractivity contribution in [1.82, 2.24) is 9.88 Å². The third kappa shape index (κ3) is 4.52. The summed E-state index contributed by atoms with van der Waals surface area (Å²) in [6, 6.07) is 7.27. The first-order valence-corrected chi connectivity index (χ1v) is 9.52. The number of esters is 1. The van der Waals surface area contributed by atoms with Gasteiger partial charge >= 0.3 is 12.1 Å². The number of carbonyl (C=O) groups excluding carboxylic acids is 2. The van der Waals surface area contributed by atoms with Gasteiger partial charge in [-0.15, -0.1) is 0 Å². The molecule has 0 radical (unpaired) electrons. The molecule has 3 rings (SSSR count). The van der Waals surface area contributed by atoms with Gasteiger partial charge in [0.15, 0.2) is 0 Å². The van der Waals surface area contributed by atoms with E-state index in [0.29, 0.717) is 43.1 Å². The van der Waals surface area contributed by atoms with Crippen LogP contribution in [0.25, 0.3) is 10.9 Å². The van der Waals surface area contributed by atoms with E-state index in [0.717, 1.165) is 11.1 Å². The minimum atomic E-state index is -0.515. The van der Waals surface area contributed by atoms with Gasteiger partial charge in [-0.05, 0) is 39.0 Å². The van der Waals surface area contributed by atoms with Crippen molar-refractivity contribution in [2.75, 3.05) is 45.3 Å². The van der Waals surface area contributed by atoms with Crippen molar-refractivity contribution in [3.05, 3.63) is 29.8 Å². The second kappa shape index (κ2) is 8.14. The Morgan fingerprint density at radius 1 is 1.00 bits per heavy atom. The van der Waals surface area contributed by atoms with Crippen LogP contribution in [0.3, 0.4) is 0 Å². The van der Waals surface area contributed by atoms with E-state index in [-0.39, 0.29) is 6.09 Å². The highest BCUT2D eigenvalue weighted by Gasteiger charge is 2.27. The molecule has 0 N–H and O–H groups in total. The number of hydrogen-bond acceptors (Lipinski definition) is 7. The first-order valence-electron chi connectivity index (χ1n) is 9.52. The average Bonchev–Trinajstić information content (AvgIpc) is 2.70. The fourth-order valence-electron chi connectivity index (χ4n) is 3.30. The number of carbonyl (C=O) groups is 2. The molecule has 1 aliphatic rings. The number of ether oxygens (including phenoxy) is 3. The molecule has 2 heterocycles. The van der Waals surface area contributed by atoms with Crippen LogP contribution in [0, 0.1) is 0 Å². The lowest BCUT2D eigenvalue weighted by Gasteiger charge is -2.37. The first-order chi connectivity index (χ1) is 13.7. The molecule has 0 aliphatic carbocycles. The van der Waals surface area contributed by atoms with E-state index in [1.54, 1.807) is 17.0 Å². The van der Waals surface area contributed by atoms with Crippen LogP contribution < -0.4 is 9.64 Å². The Morgan fingerprint density at radius 2 is 1.69 bits per heavy atom. The third-order valence-electron chi connectivity index (χ3n) is 4.70. The van der Waals surface area contributed by atoms with Gasteiger partial charge in [-0.25, -0.2) is 14.6 Å². The molecular formula is C21H27N3O5. The van der Waals surface area contributed by atoms with E-state index in [4.69, 9.17) is 14.2 Å². The summed E-state index contributed by atoms with van der Waals surface area (Å²) in [7, 11) is 2.88. The molecule has 8 nitrogen and oxygen atoms in total. The largest absolute Gasteiger partial charge is 0.481 e. The van der Waals surface area contributed by atoms with Gasteiger partial charge in [0, 0.05) is 43.3 Å². The van der Waals surface area contributed by atoms with E-state index in [2.05, 4.69) is 9.88 Å². The maximum atomic E-state index is 12.3. The summed E-state index contributed by atoms with van der Waals surface area (Å²) in [6.45, 7) is 7.99. The summed E-state index contributed by atoms with van der Waals surface area (Å²) >= 11 is 0. The summed E-state index contributed by atoms with van der Waals surface area (Å²) < 4.78 is 15.6. The standard InChI is InChI=1S/C21H27N3O5/c1-21(2,3)29-20(26)24-12-10-23(11-13-24)16-8-6-15(19(25)28-5)18-14(16)7-9-17(22-18)27-4/h6-9H,10-13H2,1-5H3. The lowest BCUT2D eigenvalue weighted by atomic mass is 10.1.